The van der Waals surface area contributed by atoms with E-state index in [0.717, 1.165) is 45.3 Å². The lowest BCUT2D eigenvalue weighted by atomic mass is 9.94. The van der Waals surface area contributed by atoms with Crippen molar-refractivity contribution in [1.82, 2.24) is 9.80 Å². The van der Waals surface area contributed by atoms with Crippen LogP contribution in [-0.2, 0) is 17.8 Å². The maximum Gasteiger partial charge on any atom is 0.0642 e. The van der Waals surface area contributed by atoms with Gasteiger partial charge in [-0.3, -0.25) is 9.80 Å². The zero-order valence-electron chi connectivity index (χ0n) is 17.4. The number of morpholine rings is 1. The van der Waals surface area contributed by atoms with Gasteiger partial charge < -0.3 is 9.64 Å². The monoisotopic (exact) mass is 391 g/mol. The van der Waals surface area contributed by atoms with Crippen LogP contribution in [-0.4, -0.2) is 61.8 Å². The summed E-state index contributed by atoms with van der Waals surface area (Å²) >= 11 is 0. The summed E-state index contributed by atoms with van der Waals surface area (Å²) in [6, 6.07) is 20.9. The van der Waals surface area contributed by atoms with E-state index >= 15 is 0 Å². The van der Waals surface area contributed by atoms with E-state index in [9.17, 15) is 0 Å². The number of anilines is 1. The molecule has 4 heteroatoms. The molecule has 0 radical (unpaired) electrons. The Balaban J connectivity index is 1.25. The third-order valence-electron chi connectivity index (χ3n) is 6.82. The Bertz CT molecular complexity index is 790. The molecule has 2 atom stereocenters. The Morgan fingerprint density at radius 3 is 2.48 bits per heavy atom. The molecule has 2 bridgehead atoms. The quantitative estimate of drug-likeness (QED) is 0.775. The van der Waals surface area contributed by atoms with Gasteiger partial charge >= 0.3 is 0 Å². The minimum Gasteiger partial charge on any atom is -0.378 e. The Labute approximate surface area is 175 Å². The van der Waals surface area contributed by atoms with E-state index in [-0.39, 0.29) is 0 Å². The van der Waals surface area contributed by atoms with Gasteiger partial charge in [0, 0.05) is 57.5 Å². The van der Waals surface area contributed by atoms with Crippen molar-refractivity contribution in [2.24, 2.45) is 5.92 Å². The van der Waals surface area contributed by atoms with Gasteiger partial charge in [-0.1, -0.05) is 42.5 Å². The summed E-state index contributed by atoms with van der Waals surface area (Å²) in [6.45, 7) is 9.57. The highest BCUT2D eigenvalue weighted by Crippen LogP contribution is 2.30. The topological polar surface area (TPSA) is 19.0 Å². The summed E-state index contributed by atoms with van der Waals surface area (Å²) in [5, 5.41) is 0. The number of hydrogen-bond donors (Lipinski definition) is 0. The average Bonchev–Trinajstić information content (AvgIpc) is 3.06. The van der Waals surface area contributed by atoms with Gasteiger partial charge in [0.2, 0.25) is 0 Å². The summed E-state index contributed by atoms with van der Waals surface area (Å²) < 4.78 is 5.52. The predicted octanol–water partition coefficient (Wildman–Crippen LogP) is 3.62. The standard InChI is InChI=1S/C25H33N3O/c1-2-5-21(6-3-1)16-26-17-23-9-10-25(20-26)28(19-23)18-22-7-4-8-24(15-22)27-11-13-29-14-12-27/h1-8,15,23,25H,9-14,16-20H2/t23-,25+/m0/s1. The number of fused-ring (bicyclic) bond motifs is 4. The summed E-state index contributed by atoms with van der Waals surface area (Å²) in [7, 11) is 0. The number of piperidine rings is 1. The Morgan fingerprint density at radius 1 is 0.793 bits per heavy atom. The van der Waals surface area contributed by atoms with Crippen LogP contribution >= 0.6 is 0 Å². The van der Waals surface area contributed by atoms with Crippen LogP contribution in [0.3, 0.4) is 0 Å². The molecular formula is C25H33N3O. The highest BCUT2D eigenvalue weighted by atomic mass is 16.5. The molecule has 4 nitrogen and oxygen atoms in total. The molecule has 4 fully saturated rings. The van der Waals surface area contributed by atoms with E-state index in [1.165, 1.54) is 49.3 Å². The molecule has 0 unspecified atom stereocenters. The molecule has 154 valence electrons. The van der Waals surface area contributed by atoms with Crippen molar-refractivity contribution in [3.8, 4) is 0 Å². The summed E-state index contributed by atoms with van der Waals surface area (Å²) in [5.74, 6) is 0.805. The molecule has 0 aromatic heterocycles. The van der Waals surface area contributed by atoms with Gasteiger partial charge in [-0.15, -0.1) is 0 Å². The zero-order valence-corrected chi connectivity index (χ0v) is 17.4. The lowest BCUT2D eigenvalue weighted by molar-refractivity contribution is 0.122. The van der Waals surface area contributed by atoms with Gasteiger partial charge in [-0.05, 0) is 42.0 Å². The van der Waals surface area contributed by atoms with Crippen LogP contribution in [0.2, 0.25) is 0 Å². The van der Waals surface area contributed by atoms with Crippen LogP contribution in [0.1, 0.15) is 24.0 Å². The second kappa shape index (κ2) is 8.86. The minimum absolute atomic E-state index is 0.685. The van der Waals surface area contributed by atoms with Crippen LogP contribution in [0, 0.1) is 5.92 Å². The third-order valence-corrected chi connectivity index (χ3v) is 6.82. The number of ether oxygens (including phenoxy) is 1. The third kappa shape index (κ3) is 4.66. The Kier molecular flexibility index (Phi) is 5.84. The van der Waals surface area contributed by atoms with Crippen molar-refractivity contribution in [3.05, 3.63) is 65.7 Å². The van der Waals surface area contributed by atoms with E-state index in [0.29, 0.717) is 6.04 Å². The fourth-order valence-corrected chi connectivity index (χ4v) is 5.35. The molecule has 0 spiro atoms. The van der Waals surface area contributed by atoms with Gasteiger partial charge in [-0.2, -0.15) is 0 Å². The lowest BCUT2D eigenvalue weighted by Crippen LogP contribution is -2.43. The molecule has 0 aliphatic carbocycles. The molecule has 4 aliphatic heterocycles. The first-order chi connectivity index (χ1) is 14.3. The van der Waals surface area contributed by atoms with E-state index in [4.69, 9.17) is 4.74 Å². The summed E-state index contributed by atoms with van der Waals surface area (Å²) in [6.07, 6.45) is 2.74. The SMILES string of the molecule is c1ccc(CN2C[C@@H]3CC[C@H](C2)N(Cc2cccc(N4CCOCC4)c2)C3)cc1. The molecule has 4 aliphatic rings. The fourth-order valence-electron chi connectivity index (χ4n) is 5.35. The number of benzene rings is 2. The van der Waals surface area contributed by atoms with Crippen LogP contribution in [0.4, 0.5) is 5.69 Å². The number of rotatable bonds is 5. The van der Waals surface area contributed by atoms with Gasteiger partial charge in [0.15, 0.2) is 0 Å². The first-order valence-corrected chi connectivity index (χ1v) is 11.3. The van der Waals surface area contributed by atoms with Crippen LogP contribution in [0.5, 0.6) is 0 Å². The maximum atomic E-state index is 5.52. The molecule has 29 heavy (non-hydrogen) atoms. The maximum absolute atomic E-state index is 5.52. The number of hydrogen-bond acceptors (Lipinski definition) is 4. The molecule has 4 heterocycles. The zero-order chi connectivity index (χ0) is 19.5. The van der Waals surface area contributed by atoms with Crippen molar-refractivity contribution in [1.29, 1.82) is 0 Å². The van der Waals surface area contributed by atoms with Gasteiger partial charge in [0.1, 0.15) is 0 Å². The predicted molar refractivity (Wildman–Crippen MR) is 118 cm³/mol. The van der Waals surface area contributed by atoms with Gasteiger partial charge in [-0.25, -0.2) is 0 Å². The summed E-state index contributed by atoms with van der Waals surface area (Å²) in [4.78, 5) is 7.92. The molecule has 6 rings (SSSR count). The molecule has 2 aromatic carbocycles. The van der Waals surface area contributed by atoms with E-state index in [1.807, 2.05) is 0 Å². The Morgan fingerprint density at radius 2 is 1.62 bits per heavy atom. The first-order valence-electron chi connectivity index (χ1n) is 11.3. The molecule has 0 N–H and O–H groups in total. The smallest absolute Gasteiger partial charge is 0.0642 e. The number of nitrogens with zero attached hydrogens (tertiary/aromatic N) is 3. The van der Waals surface area contributed by atoms with Gasteiger partial charge in [0.25, 0.3) is 0 Å². The Hall–Kier alpha value is -1.88. The van der Waals surface area contributed by atoms with Crippen molar-refractivity contribution < 1.29 is 4.74 Å². The molecule has 0 saturated carbocycles. The van der Waals surface area contributed by atoms with Crippen molar-refractivity contribution in [3.63, 3.8) is 0 Å². The molecule has 4 saturated heterocycles. The van der Waals surface area contributed by atoms with Crippen molar-refractivity contribution in [2.75, 3.05) is 50.8 Å². The highest BCUT2D eigenvalue weighted by molar-refractivity contribution is 5.49. The minimum atomic E-state index is 0.685. The molecular weight excluding hydrogens is 358 g/mol. The van der Waals surface area contributed by atoms with Crippen LogP contribution in [0.15, 0.2) is 54.6 Å². The normalized spacial score (nSPS) is 25.9. The van der Waals surface area contributed by atoms with Crippen molar-refractivity contribution in [2.45, 2.75) is 32.0 Å². The molecule has 0 amide bonds. The van der Waals surface area contributed by atoms with Gasteiger partial charge in [0.05, 0.1) is 13.2 Å². The van der Waals surface area contributed by atoms with E-state index in [1.54, 1.807) is 0 Å². The largest absolute Gasteiger partial charge is 0.378 e. The van der Waals surface area contributed by atoms with Crippen LogP contribution in [0.25, 0.3) is 0 Å². The van der Waals surface area contributed by atoms with E-state index < -0.39 is 0 Å². The molecule has 2 aromatic rings. The van der Waals surface area contributed by atoms with Crippen LogP contribution < -0.4 is 4.90 Å². The average molecular weight is 392 g/mol. The first kappa shape index (κ1) is 19.1. The second-order valence-electron chi connectivity index (χ2n) is 8.98. The fraction of sp³-hybridized carbons (Fsp3) is 0.520. The summed E-state index contributed by atoms with van der Waals surface area (Å²) in [5.41, 5.74) is 4.26. The van der Waals surface area contributed by atoms with Crippen molar-refractivity contribution >= 4 is 5.69 Å². The second-order valence-corrected chi connectivity index (χ2v) is 8.98. The lowest BCUT2D eigenvalue weighted by Gasteiger charge is -2.36. The highest BCUT2D eigenvalue weighted by Gasteiger charge is 2.34. The van der Waals surface area contributed by atoms with E-state index in [2.05, 4.69) is 69.3 Å².